The van der Waals surface area contributed by atoms with Crippen LogP contribution >= 0.6 is 0 Å². The molecular formula is C16H17NO6. The molecule has 1 saturated carbocycles. The molecule has 0 spiro atoms. The molecule has 0 unspecified atom stereocenters. The Bertz CT molecular complexity index is 706. The molecule has 7 heteroatoms. The van der Waals surface area contributed by atoms with Crippen molar-refractivity contribution in [1.29, 1.82) is 0 Å². The minimum atomic E-state index is -1.38. The van der Waals surface area contributed by atoms with Gasteiger partial charge in [-0.1, -0.05) is 0 Å². The van der Waals surface area contributed by atoms with Crippen LogP contribution in [0.2, 0.25) is 0 Å². The number of phenols is 1. The third-order valence-electron chi connectivity index (χ3n) is 5.16. The lowest BCUT2D eigenvalue weighted by molar-refractivity contribution is -0.151. The molecule has 3 N–H and O–H groups in total. The van der Waals surface area contributed by atoms with Gasteiger partial charge >= 0.3 is 11.9 Å². The molecule has 1 aliphatic heterocycles. The van der Waals surface area contributed by atoms with E-state index in [1.54, 1.807) is 13.8 Å². The smallest absolute Gasteiger partial charge is 0.312 e. The van der Waals surface area contributed by atoms with Gasteiger partial charge in [-0.2, -0.15) is 0 Å². The van der Waals surface area contributed by atoms with Crippen LogP contribution in [0.3, 0.4) is 0 Å². The van der Waals surface area contributed by atoms with Crippen molar-refractivity contribution in [1.82, 2.24) is 4.90 Å². The molecule has 2 fully saturated rings. The summed E-state index contributed by atoms with van der Waals surface area (Å²) in [6, 6.07) is 3.05. The van der Waals surface area contributed by atoms with E-state index in [1.165, 1.54) is 17.0 Å². The summed E-state index contributed by atoms with van der Waals surface area (Å²) in [7, 11) is 0. The lowest BCUT2D eigenvalue weighted by Gasteiger charge is -2.20. The zero-order valence-corrected chi connectivity index (χ0v) is 12.8. The second-order valence-corrected chi connectivity index (χ2v) is 6.57. The van der Waals surface area contributed by atoms with Gasteiger partial charge in [0.2, 0.25) is 0 Å². The van der Waals surface area contributed by atoms with Crippen molar-refractivity contribution in [3.8, 4) is 5.75 Å². The van der Waals surface area contributed by atoms with Gasteiger partial charge in [0.15, 0.2) is 0 Å². The van der Waals surface area contributed by atoms with Crippen LogP contribution in [0.25, 0.3) is 0 Å². The Hall–Kier alpha value is -2.57. The number of phenolic OH excluding ortho intramolecular Hbond substituents is 1. The first kappa shape index (κ1) is 15.3. The van der Waals surface area contributed by atoms with Gasteiger partial charge < -0.3 is 20.2 Å². The Morgan fingerprint density at radius 3 is 1.83 bits per heavy atom. The number of hydrogen-bond acceptors (Lipinski definition) is 4. The standard InChI is InChI=1S/C16H17NO6/c1-8-3-10(4-9(2)11(8)18)12(19)17-6-15(13(20)21)5-16(15,7-17)14(22)23/h3-4,18H,5-7H2,1-2H3,(H,20,21)(H,22,23)/t15-,16+. The van der Waals surface area contributed by atoms with Gasteiger partial charge in [0.1, 0.15) is 16.6 Å². The minimum Gasteiger partial charge on any atom is -0.507 e. The average Bonchev–Trinajstić information content (AvgIpc) is 3.02. The monoisotopic (exact) mass is 319 g/mol. The van der Waals surface area contributed by atoms with E-state index >= 15 is 0 Å². The molecule has 1 aliphatic carbocycles. The minimum absolute atomic E-state index is 0.0576. The number of hydrogen-bond donors (Lipinski definition) is 3. The van der Waals surface area contributed by atoms with Crippen LogP contribution in [0.4, 0.5) is 0 Å². The lowest BCUT2D eigenvalue weighted by Crippen LogP contribution is -2.34. The molecule has 0 bridgehead atoms. The zero-order valence-electron chi connectivity index (χ0n) is 12.8. The third-order valence-corrected chi connectivity index (χ3v) is 5.16. The van der Waals surface area contributed by atoms with Crippen molar-refractivity contribution in [2.45, 2.75) is 20.3 Å². The molecular weight excluding hydrogens is 302 g/mol. The maximum atomic E-state index is 12.6. The quantitative estimate of drug-likeness (QED) is 0.766. The van der Waals surface area contributed by atoms with E-state index < -0.39 is 28.7 Å². The summed E-state index contributed by atoms with van der Waals surface area (Å²) >= 11 is 0. The zero-order chi connectivity index (χ0) is 17.2. The second-order valence-electron chi connectivity index (χ2n) is 6.57. The maximum Gasteiger partial charge on any atom is 0.312 e. The predicted octanol–water partition coefficient (Wildman–Crippen LogP) is 1.01. The number of carbonyl (C=O) groups excluding carboxylic acids is 1. The fourth-order valence-electron chi connectivity index (χ4n) is 3.69. The normalized spacial score (nSPS) is 28.3. The summed E-state index contributed by atoms with van der Waals surface area (Å²) in [4.78, 5) is 36.9. The number of carboxylic acid groups (broad SMARTS) is 2. The Morgan fingerprint density at radius 1 is 1.00 bits per heavy atom. The summed E-state index contributed by atoms with van der Waals surface area (Å²) in [6.45, 7) is 3.12. The number of carboxylic acids is 2. The van der Waals surface area contributed by atoms with Gasteiger partial charge in [0.25, 0.3) is 5.91 Å². The van der Waals surface area contributed by atoms with Crippen LogP contribution in [0.1, 0.15) is 27.9 Å². The largest absolute Gasteiger partial charge is 0.507 e. The van der Waals surface area contributed by atoms with E-state index in [-0.39, 0.29) is 25.3 Å². The first-order chi connectivity index (χ1) is 10.6. The van der Waals surface area contributed by atoms with Crippen LogP contribution in [0, 0.1) is 24.7 Å². The Kier molecular flexibility index (Phi) is 2.98. The highest BCUT2D eigenvalue weighted by Crippen LogP contribution is 2.68. The van der Waals surface area contributed by atoms with Crippen molar-refractivity contribution in [2.75, 3.05) is 13.1 Å². The van der Waals surface area contributed by atoms with Crippen LogP contribution in [0.5, 0.6) is 5.75 Å². The van der Waals surface area contributed by atoms with Crippen molar-refractivity contribution < 1.29 is 29.7 Å². The van der Waals surface area contributed by atoms with Crippen LogP contribution in [0.15, 0.2) is 12.1 Å². The number of aromatic hydroxyl groups is 1. The Labute approximate surface area is 132 Å². The molecule has 2 aliphatic rings. The summed E-state index contributed by atoms with van der Waals surface area (Å²) in [5, 5.41) is 28.6. The van der Waals surface area contributed by atoms with Crippen LogP contribution in [-0.2, 0) is 9.59 Å². The molecule has 3 rings (SSSR count). The summed E-state index contributed by atoms with van der Waals surface area (Å²) in [5.74, 6) is -2.65. The number of rotatable bonds is 3. The molecule has 1 amide bonds. The number of piperidine rings is 1. The number of likely N-dealkylation sites (tertiary alicyclic amines) is 1. The van der Waals surface area contributed by atoms with Gasteiger partial charge in [0.05, 0.1) is 0 Å². The number of fused-ring (bicyclic) bond motifs is 1. The SMILES string of the molecule is Cc1cc(C(=O)N2C[C@@]3(C(=O)O)C[C@@]3(C(=O)O)C2)cc(C)c1O. The Morgan fingerprint density at radius 2 is 1.43 bits per heavy atom. The number of nitrogens with zero attached hydrogens (tertiary/aromatic N) is 1. The number of amides is 1. The first-order valence-electron chi connectivity index (χ1n) is 7.21. The van der Waals surface area contributed by atoms with Gasteiger partial charge in [-0.15, -0.1) is 0 Å². The summed E-state index contributed by atoms with van der Waals surface area (Å²) < 4.78 is 0. The summed E-state index contributed by atoms with van der Waals surface area (Å²) in [5.41, 5.74) is -1.36. The van der Waals surface area contributed by atoms with E-state index in [0.29, 0.717) is 16.7 Å². The first-order valence-corrected chi connectivity index (χ1v) is 7.21. The molecule has 122 valence electrons. The highest BCUT2D eigenvalue weighted by atomic mass is 16.4. The van der Waals surface area contributed by atoms with Gasteiger partial charge in [-0.05, 0) is 43.5 Å². The predicted molar refractivity (Wildman–Crippen MR) is 78.2 cm³/mol. The molecule has 1 aromatic carbocycles. The highest BCUT2D eigenvalue weighted by molar-refractivity contribution is 6.00. The molecule has 1 heterocycles. The van der Waals surface area contributed by atoms with E-state index in [4.69, 9.17) is 0 Å². The molecule has 1 saturated heterocycles. The van der Waals surface area contributed by atoms with Crippen molar-refractivity contribution in [3.05, 3.63) is 28.8 Å². The van der Waals surface area contributed by atoms with E-state index in [2.05, 4.69) is 0 Å². The van der Waals surface area contributed by atoms with Crippen LogP contribution in [-0.4, -0.2) is 51.2 Å². The third kappa shape index (κ3) is 1.85. The molecule has 0 radical (unpaired) electrons. The van der Waals surface area contributed by atoms with Gasteiger partial charge in [-0.3, -0.25) is 14.4 Å². The van der Waals surface area contributed by atoms with E-state index in [0.717, 1.165) is 0 Å². The number of carbonyl (C=O) groups is 3. The Balaban J connectivity index is 1.92. The number of benzene rings is 1. The highest BCUT2D eigenvalue weighted by Gasteiger charge is 2.81. The lowest BCUT2D eigenvalue weighted by atomic mass is 9.97. The van der Waals surface area contributed by atoms with Gasteiger partial charge in [0, 0.05) is 18.7 Å². The van der Waals surface area contributed by atoms with Crippen molar-refractivity contribution >= 4 is 17.8 Å². The number of aryl methyl sites for hydroxylation is 2. The van der Waals surface area contributed by atoms with Crippen molar-refractivity contribution in [3.63, 3.8) is 0 Å². The molecule has 23 heavy (non-hydrogen) atoms. The van der Waals surface area contributed by atoms with Crippen LogP contribution < -0.4 is 0 Å². The maximum absolute atomic E-state index is 12.6. The van der Waals surface area contributed by atoms with Crippen molar-refractivity contribution in [2.24, 2.45) is 10.8 Å². The summed E-state index contributed by atoms with van der Waals surface area (Å²) in [6.07, 6.45) is 0.0576. The fraction of sp³-hybridized carbons (Fsp3) is 0.438. The van der Waals surface area contributed by atoms with E-state index in [9.17, 15) is 29.7 Å². The van der Waals surface area contributed by atoms with Gasteiger partial charge in [-0.25, -0.2) is 0 Å². The van der Waals surface area contributed by atoms with E-state index in [1.807, 2.05) is 0 Å². The number of aliphatic carboxylic acids is 2. The molecule has 7 nitrogen and oxygen atoms in total. The molecule has 2 atom stereocenters. The average molecular weight is 319 g/mol. The second kappa shape index (κ2) is 4.47. The molecule has 0 aromatic heterocycles. The topological polar surface area (TPSA) is 115 Å². The fourth-order valence-corrected chi connectivity index (χ4v) is 3.69. The molecule has 1 aromatic rings.